The van der Waals surface area contributed by atoms with E-state index in [4.69, 9.17) is 0 Å². The Bertz CT molecular complexity index is 813. The van der Waals surface area contributed by atoms with Crippen molar-refractivity contribution in [3.8, 4) is 0 Å². The monoisotopic (exact) mass is 385 g/mol. The predicted molar refractivity (Wildman–Crippen MR) is 110 cm³/mol. The molecule has 3 heterocycles. The van der Waals surface area contributed by atoms with E-state index in [1.54, 1.807) is 6.20 Å². The maximum atomic E-state index is 13.2. The van der Waals surface area contributed by atoms with Gasteiger partial charge in [-0.3, -0.25) is 9.59 Å². The van der Waals surface area contributed by atoms with E-state index in [9.17, 15) is 9.59 Å². The number of likely N-dealkylation sites (tertiary alicyclic amines) is 1. The van der Waals surface area contributed by atoms with E-state index in [2.05, 4.69) is 9.88 Å². The Hall–Kier alpha value is -1.79. The first-order chi connectivity index (χ1) is 13.2. The van der Waals surface area contributed by atoms with Crippen LogP contribution >= 0.6 is 11.8 Å². The molecule has 27 heavy (non-hydrogen) atoms. The Morgan fingerprint density at radius 3 is 2.74 bits per heavy atom. The lowest BCUT2D eigenvalue weighted by Crippen LogP contribution is -2.51. The van der Waals surface area contributed by atoms with Crippen molar-refractivity contribution in [1.29, 1.82) is 0 Å². The molecule has 6 heteroatoms. The number of carbonyl (C=O) groups is 2. The fraction of sp³-hybridized carbons (Fsp3) is 0.524. The van der Waals surface area contributed by atoms with Gasteiger partial charge in [0.15, 0.2) is 0 Å². The van der Waals surface area contributed by atoms with Crippen LogP contribution in [0.15, 0.2) is 30.5 Å². The van der Waals surface area contributed by atoms with E-state index in [0.29, 0.717) is 12.1 Å². The topological polar surface area (TPSA) is 56.4 Å². The van der Waals surface area contributed by atoms with Crippen molar-refractivity contribution in [2.45, 2.75) is 31.7 Å². The number of aromatic amines is 1. The van der Waals surface area contributed by atoms with E-state index >= 15 is 0 Å². The minimum absolute atomic E-state index is 0.122. The predicted octanol–water partition coefficient (Wildman–Crippen LogP) is 3.17. The third kappa shape index (κ3) is 4.06. The summed E-state index contributed by atoms with van der Waals surface area (Å²) >= 11 is 1.91. The van der Waals surface area contributed by atoms with Crippen molar-refractivity contribution >= 4 is 34.4 Å². The number of Topliss-reactive ketones (excluding diaryl/α,β-unsaturated/α-hetero) is 1. The minimum Gasteiger partial charge on any atom is -0.360 e. The molecule has 1 aromatic carbocycles. The van der Waals surface area contributed by atoms with Crippen LogP contribution < -0.4 is 0 Å². The van der Waals surface area contributed by atoms with Crippen LogP contribution in [0.2, 0.25) is 0 Å². The van der Waals surface area contributed by atoms with Gasteiger partial charge in [-0.05, 0) is 44.2 Å². The molecule has 1 N–H and O–H groups in total. The number of ketones is 1. The van der Waals surface area contributed by atoms with E-state index in [1.807, 2.05) is 40.9 Å². The number of hydrogen-bond acceptors (Lipinski definition) is 4. The molecule has 1 aromatic heterocycles. The Morgan fingerprint density at radius 1 is 1.07 bits per heavy atom. The van der Waals surface area contributed by atoms with Crippen molar-refractivity contribution in [2.24, 2.45) is 0 Å². The first-order valence-corrected chi connectivity index (χ1v) is 11.1. The van der Waals surface area contributed by atoms with E-state index < -0.39 is 0 Å². The molecule has 0 aliphatic carbocycles. The molecule has 1 amide bonds. The van der Waals surface area contributed by atoms with Gasteiger partial charge in [0.2, 0.25) is 0 Å². The van der Waals surface area contributed by atoms with E-state index in [0.717, 1.165) is 48.5 Å². The van der Waals surface area contributed by atoms with E-state index in [-0.39, 0.29) is 17.7 Å². The highest BCUT2D eigenvalue weighted by atomic mass is 32.2. The molecule has 4 rings (SSSR count). The first-order valence-electron chi connectivity index (χ1n) is 9.95. The van der Waals surface area contributed by atoms with Crippen molar-refractivity contribution in [3.05, 3.63) is 36.0 Å². The summed E-state index contributed by atoms with van der Waals surface area (Å²) in [5.41, 5.74) is 1.38. The molecule has 144 valence electrons. The van der Waals surface area contributed by atoms with Crippen molar-refractivity contribution in [2.75, 3.05) is 37.7 Å². The van der Waals surface area contributed by atoms with Crippen LogP contribution in [0.3, 0.4) is 0 Å². The van der Waals surface area contributed by atoms with Crippen LogP contribution in [-0.4, -0.2) is 70.2 Å². The number of rotatable bonds is 4. The van der Waals surface area contributed by atoms with Crippen molar-refractivity contribution in [3.63, 3.8) is 0 Å². The summed E-state index contributed by atoms with van der Waals surface area (Å²) in [7, 11) is 0. The van der Waals surface area contributed by atoms with Gasteiger partial charge >= 0.3 is 0 Å². The van der Waals surface area contributed by atoms with Gasteiger partial charge in [-0.25, -0.2) is 0 Å². The van der Waals surface area contributed by atoms with Gasteiger partial charge in [0.05, 0.1) is 11.6 Å². The van der Waals surface area contributed by atoms with Crippen LogP contribution in [0.5, 0.6) is 0 Å². The second kappa shape index (κ2) is 8.48. The van der Waals surface area contributed by atoms with Crippen molar-refractivity contribution in [1.82, 2.24) is 14.8 Å². The zero-order chi connectivity index (χ0) is 18.6. The van der Waals surface area contributed by atoms with Crippen LogP contribution in [0.25, 0.3) is 10.9 Å². The standard InChI is InChI=1S/C21H27N3O2S/c25-20(18-13-22-19-8-3-2-7-17(18)19)21(26)24-11-6-12-27-15-16(24)14-23-9-4-1-5-10-23/h2-3,7-8,13,16,22H,1,4-6,9-12,14-15H2. The summed E-state index contributed by atoms with van der Waals surface area (Å²) < 4.78 is 0. The number of carbonyl (C=O) groups excluding carboxylic acids is 2. The van der Waals surface area contributed by atoms with Crippen molar-refractivity contribution < 1.29 is 9.59 Å². The summed E-state index contributed by atoms with van der Waals surface area (Å²) in [5, 5.41) is 0.827. The number of aromatic nitrogens is 1. The zero-order valence-electron chi connectivity index (χ0n) is 15.7. The average Bonchev–Trinajstić information content (AvgIpc) is 3.00. The van der Waals surface area contributed by atoms with Crippen LogP contribution in [0.1, 0.15) is 36.0 Å². The van der Waals surface area contributed by atoms with E-state index in [1.165, 1.54) is 19.3 Å². The van der Waals surface area contributed by atoms with Gasteiger partial charge in [0, 0.05) is 35.9 Å². The van der Waals surface area contributed by atoms with Gasteiger partial charge < -0.3 is 14.8 Å². The Kier molecular flexibility index (Phi) is 5.83. The molecule has 0 saturated carbocycles. The third-order valence-electron chi connectivity index (χ3n) is 5.65. The maximum Gasteiger partial charge on any atom is 0.295 e. The fourth-order valence-electron chi connectivity index (χ4n) is 4.19. The van der Waals surface area contributed by atoms with Gasteiger partial charge in [-0.15, -0.1) is 0 Å². The average molecular weight is 386 g/mol. The normalized spacial score (nSPS) is 21.9. The third-order valence-corrected chi connectivity index (χ3v) is 6.84. The number of fused-ring (bicyclic) bond motifs is 1. The molecule has 0 spiro atoms. The number of hydrogen-bond donors (Lipinski definition) is 1. The lowest BCUT2D eigenvalue weighted by molar-refractivity contribution is -0.128. The number of amides is 1. The summed E-state index contributed by atoms with van der Waals surface area (Å²) in [5.74, 6) is 1.25. The molecule has 2 saturated heterocycles. The Labute approximate surface area is 164 Å². The largest absolute Gasteiger partial charge is 0.360 e. The van der Waals surface area contributed by atoms with Gasteiger partial charge in [-0.2, -0.15) is 11.8 Å². The number of piperidine rings is 1. The number of nitrogens with zero attached hydrogens (tertiary/aromatic N) is 2. The Balaban J connectivity index is 1.54. The molecular weight excluding hydrogens is 358 g/mol. The smallest absolute Gasteiger partial charge is 0.295 e. The highest BCUT2D eigenvalue weighted by molar-refractivity contribution is 7.99. The van der Waals surface area contributed by atoms with Gasteiger partial charge in [-0.1, -0.05) is 24.6 Å². The second-order valence-corrected chi connectivity index (χ2v) is 8.67. The molecule has 2 fully saturated rings. The highest BCUT2D eigenvalue weighted by Gasteiger charge is 2.32. The lowest BCUT2D eigenvalue weighted by atomic mass is 10.1. The summed E-state index contributed by atoms with van der Waals surface area (Å²) in [6, 6.07) is 7.78. The molecule has 5 nitrogen and oxygen atoms in total. The second-order valence-electron chi connectivity index (χ2n) is 7.52. The number of para-hydroxylation sites is 1. The number of thioether (sulfide) groups is 1. The summed E-state index contributed by atoms with van der Waals surface area (Å²) in [6.45, 7) is 3.79. The van der Waals surface area contributed by atoms with Crippen LogP contribution in [-0.2, 0) is 4.79 Å². The zero-order valence-corrected chi connectivity index (χ0v) is 16.5. The molecular formula is C21H27N3O2S. The SMILES string of the molecule is O=C(C(=O)N1CCCSCC1CN1CCCCC1)c1c[nH]c2ccccc12. The first kappa shape index (κ1) is 18.6. The quantitative estimate of drug-likeness (QED) is 0.649. The molecule has 1 unspecified atom stereocenters. The number of benzene rings is 1. The van der Waals surface area contributed by atoms with Crippen LogP contribution in [0, 0.1) is 0 Å². The molecule has 1 atom stereocenters. The maximum absolute atomic E-state index is 13.2. The number of H-pyrrole nitrogens is 1. The van der Waals surface area contributed by atoms with Crippen LogP contribution in [0.4, 0.5) is 0 Å². The number of nitrogens with one attached hydrogen (secondary N) is 1. The summed E-state index contributed by atoms with van der Waals surface area (Å²) in [4.78, 5) is 33.7. The fourth-order valence-corrected chi connectivity index (χ4v) is 5.25. The molecule has 0 bridgehead atoms. The highest BCUT2D eigenvalue weighted by Crippen LogP contribution is 2.23. The molecule has 2 aliphatic heterocycles. The molecule has 2 aromatic rings. The summed E-state index contributed by atoms with van der Waals surface area (Å²) in [6.07, 6.45) is 6.41. The van der Waals surface area contributed by atoms with Gasteiger partial charge in [0.1, 0.15) is 0 Å². The Morgan fingerprint density at radius 2 is 1.89 bits per heavy atom. The molecule has 2 aliphatic rings. The lowest BCUT2D eigenvalue weighted by Gasteiger charge is -2.35. The molecule has 0 radical (unpaired) electrons. The van der Waals surface area contributed by atoms with Gasteiger partial charge in [0.25, 0.3) is 11.7 Å². The minimum atomic E-state index is -0.386.